The van der Waals surface area contributed by atoms with E-state index in [1.165, 1.54) is 17.8 Å². The molecule has 1 aliphatic heterocycles. The molecule has 27 heavy (non-hydrogen) atoms. The summed E-state index contributed by atoms with van der Waals surface area (Å²) in [4.78, 5) is 6.32. The number of halogens is 1. The lowest BCUT2D eigenvalue weighted by Crippen LogP contribution is -2.34. The van der Waals surface area contributed by atoms with Gasteiger partial charge in [0.05, 0.1) is 11.1 Å². The van der Waals surface area contributed by atoms with Gasteiger partial charge >= 0.3 is 0 Å². The molecule has 1 fully saturated rings. The number of rotatable bonds is 7. The Morgan fingerprint density at radius 3 is 2.63 bits per heavy atom. The number of nitrogens with zero attached hydrogens (tertiary/aromatic N) is 2. The third kappa shape index (κ3) is 5.81. The van der Waals surface area contributed by atoms with E-state index in [9.17, 15) is 9.11 Å². The lowest BCUT2D eigenvalue weighted by Gasteiger charge is -2.34. The van der Waals surface area contributed by atoms with Crippen LogP contribution in [0.15, 0.2) is 47.6 Å². The topological polar surface area (TPSA) is 77.9 Å². The van der Waals surface area contributed by atoms with Crippen LogP contribution in [0, 0.1) is 0 Å². The van der Waals surface area contributed by atoms with Crippen LogP contribution in [0.25, 0.3) is 0 Å². The van der Waals surface area contributed by atoms with Crippen molar-refractivity contribution in [1.82, 2.24) is 14.6 Å². The van der Waals surface area contributed by atoms with Crippen molar-refractivity contribution in [3.63, 3.8) is 0 Å². The maximum Gasteiger partial charge on any atom is 0.163 e. The van der Waals surface area contributed by atoms with Crippen LogP contribution in [0.3, 0.4) is 0 Å². The summed E-state index contributed by atoms with van der Waals surface area (Å²) < 4.78 is 29.4. The minimum absolute atomic E-state index is 0.00368. The predicted molar refractivity (Wildman–Crippen MR) is 109 cm³/mol. The van der Waals surface area contributed by atoms with E-state index < -0.39 is 10.8 Å². The first-order valence-corrected chi connectivity index (χ1v) is 10.9. The minimum atomic E-state index is -3.14. The molecule has 1 atom stereocenters. The Kier molecular flexibility index (Phi) is 6.62. The third-order valence-corrected chi connectivity index (χ3v) is 6.01. The van der Waals surface area contributed by atoms with Crippen molar-refractivity contribution >= 4 is 22.4 Å². The van der Waals surface area contributed by atoms with Crippen LogP contribution in [0.2, 0.25) is 5.02 Å². The molecule has 1 aromatic heterocycles. The van der Waals surface area contributed by atoms with Crippen LogP contribution in [0.4, 0.5) is 0 Å². The van der Waals surface area contributed by atoms with Gasteiger partial charge in [-0.1, -0.05) is 34.5 Å². The molecule has 0 spiro atoms. The molecule has 2 heterocycles. The standard InChI is InChI=1S/C19H26ClN3O3S/c1-14(2)26-18-6-3-15(4-7-18)12-23-10-9-17(13-23)22-27(24,25)19-8-5-16(20)11-21-19/h3-8,11,14,17,22,24-25H,9-10,12-13H2,1-2H3. The second-order valence-corrected chi connectivity index (χ2v) is 9.20. The van der Waals surface area contributed by atoms with Crippen molar-refractivity contribution in [2.75, 3.05) is 13.1 Å². The van der Waals surface area contributed by atoms with Gasteiger partial charge < -0.3 is 4.74 Å². The zero-order chi connectivity index (χ0) is 19.4. The van der Waals surface area contributed by atoms with Crippen LogP contribution in [-0.2, 0) is 6.54 Å². The molecule has 0 aliphatic carbocycles. The average Bonchev–Trinajstić information content (AvgIpc) is 3.03. The first-order chi connectivity index (χ1) is 12.8. The van der Waals surface area contributed by atoms with E-state index in [0.717, 1.165) is 31.8 Å². The minimum Gasteiger partial charge on any atom is -0.491 e. The highest BCUT2D eigenvalue weighted by Gasteiger charge is 2.28. The van der Waals surface area contributed by atoms with Crippen molar-refractivity contribution in [2.45, 2.75) is 44.0 Å². The van der Waals surface area contributed by atoms with Crippen molar-refractivity contribution in [2.24, 2.45) is 0 Å². The highest BCUT2D eigenvalue weighted by molar-refractivity contribution is 8.22. The second kappa shape index (κ2) is 8.77. The zero-order valence-corrected chi connectivity index (χ0v) is 17.1. The van der Waals surface area contributed by atoms with E-state index in [0.29, 0.717) is 5.02 Å². The Morgan fingerprint density at radius 2 is 2.00 bits per heavy atom. The fourth-order valence-corrected chi connectivity index (χ4v) is 4.45. The molecule has 0 amide bonds. The molecule has 1 unspecified atom stereocenters. The van der Waals surface area contributed by atoms with Gasteiger partial charge in [-0.05, 0) is 50.1 Å². The zero-order valence-electron chi connectivity index (χ0n) is 15.5. The molecule has 3 rings (SSSR count). The number of hydrogen-bond acceptors (Lipinski definition) is 6. The van der Waals surface area contributed by atoms with Crippen LogP contribution in [-0.4, -0.2) is 44.2 Å². The van der Waals surface area contributed by atoms with Gasteiger partial charge in [0.25, 0.3) is 0 Å². The molecule has 3 N–H and O–H groups in total. The number of hydrogen-bond donors (Lipinski definition) is 3. The number of likely N-dealkylation sites (tertiary alicyclic amines) is 1. The van der Waals surface area contributed by atoms with Crippen molar-refractivity contribution < 1.29 is 13.8 Å². The van der Waals surface area contributed by atoms with Gasteiger partial charge in [0.15, 0.2) is 5.03 Å². The molecule has 1 aliphatic rings. The molecule has 1 aromatic carbocycles. The summed E-state index contributed by atoms with van der Waals surface area (Å²) >= 11 is 5.81. The number of ether oxygens (including phenoxy) is 1. The predicted octanol–water partition coefficient (Wildman–Crippen LogP) is 4.41. The van der Waals surface area contributed by atoms with Gasteiger partial charge in [-0.25, -0.2) is 9.71 Å². The highest BCUT2D eigenvalue weighted by Crippen LogP contribution is 2.43. The first-order valence-electron chi connectivity index (χ1n) is 8.97. The Bertz CT molecular complexity index is 741. The molecule has 8 heteroatoms. The van der Waals surface area contributed by atoms with Gasteiger partial charge in [0.2, 0.25) is 0 Å². The SMILES string of the molecule is CC(C)Oc1ccc(CN2CCC(NS(O)(O)c3ccc(Cl)cn3)C2)cc1. The lowest BCUT2D eigenvalue weighted by atomic mass is 10.2. The Morgan fingerprint density at radius 1 is 1.26 bits per heavy atom. The molecule has 148 valence electrons. The number of nitrogens with one attached hydrogen (secondary N) is 1. The molecule has 0 radical (unpaired) electrons. The van der Waals surface area contributed by atoms with Crippen molar-refractivity contribution in [3.8, 4) is 5.75 Å². The number of pyridine rings is 1. The van der Waals surface area contributed by atoms with Gasteiger partial charge in [-0.15, -0.1) is 0 Å². The van der Waals surface area contributed by atoms with Gasteiger partial charge in [0, 0.05) is 31.9 Å². The van der Waals surface area contributed by atoms with Gasteiger partial charge in [-0.3, -0.25) is 14.0 Å². The Hall–Kier alpha value is -1.35. The Balaban J connectivity index is 1.53. The van der Waals surface area contributed by atoms with E-state index in [4.69, 9.17) is 16.3 Å². The summed E-state index contributed by atoms with van der Waals surface area (Å²) in [6.07, 6.45) is 2.43. The summed E-state index contributed by atoms with van der Waals surface area (Å²) in [5, 5.41) is 0.678. The summed E-state index contributed by atoms with van der Waals surface area (Å²) in [5.41, 5.74) is 1.21. The van der Waals surface area contributed by atoms with Crippen LogP contribution in [0.1, 0.15) is 25.8 Å². The van der Waals surface area contributed by atoms with E-state index in [2.05, 4.69) is 26.7 Å². The van der Waals surface area contributed by atoms with Crippen LogP contribution in [0.5, 0.6) is 5.75 Å². The largest absolute Gasteiger partial charge is 0.491 e. The van der Waals surface area contributed by atoms with Crippen molar-refractivity contribution in [3.05, 3.63) is 53.2 Å². The fraction of sp³-hybridized carbons (Fsp3) is 0.421. The summed E-state index contributed by atoms with van der Waals surface area (Å²) in [6, 6.07) is 11.3. The molecule has 0 saturated carbocycles. The quantitative estimate of drug-likeness (QED) is 0.626. The summed E-state index contributed by atoms with van der Waals surface area (Å²) in [6.45, 7) is 6.47. The van der Waals surface area contributed by atoms with Crippen LogP contribution >= 0.6 is 22.4 Å². The van der Waals surface area contributed by atoms with Crippen molar-refractivity contribution in [1.29, 1.82) is 0 Å². The van der Waals surface area contributed by atoms with E-state index >= 15 is 0 Å². The molecule has 0 bridgehead atoms. The van der Waals surface area contributed by atoms with Gasteiger partial charge in [-0.2, -0.15) is 0 Å². The molecular weight excluding hydrogens is 386 g/mol. The summed E-state index contributed by atoms with van der Waals surface area (Å²) in [7, 11) is -3.14. The summed E-state index contributed by atoms with van der Waals surface area (Å²) in [5.74, 6) is 0.874. The fourth-order valence-electron chi connectivity index (χ4n) is 3.10. The van der Waals surface area contributed by atoms with E-state index in [1.54, 1.807) is 6.07 Å². The monoisotopic (exact) mass is 411 g/mol. The number of aromatic nitrogens is 1. The average molecular weight is 412 g/mol. The molecular formula is C19H26ClN3O3S. The highest BCUT2D eigenvalue weighted by atomic mass is 35.5. The smallest absolute Gasteiger partial charge is 0.163 e. The maximum absolute atomic E-state index is 10.4. The van der Waals surface area contributed by atoms with Gasteiger partial charge in [0.1, 0.15) is 5.75 Å². The first kappa shape index (κ1) is 20.4. The molecule has 1 saturated heterocycles. The lowest BCUT2D eigenvalue weighted by molar-refractivity contribution is 0.242. The maximum atomic E-state index is 10.4. The van der Waals surface area contributed by atoms with Crippen LogP contribution < -0.4 is 9.46 Å². The van der Waals surface area contributed by atoms with E-state index in [-0.39, 0.29) is 17.2 Å². The molecule has 6 nitrogen and oxygen atoms in total. The third-order valence-electron chi connectivity index (χ3n) is 4.30. The normalized spacial score (nSPS) is 18.8. The second-order valence-electron chi connectivity index (χ2n) is 7.01. The Labute approximate surface area is 167 Å². The molecule has 2 aromatic rings. The van der Waals surface area contributed by atoms with E-state index in [1.807, 2.05) is 26.0 Å². The number of benzene rings is 1.